The van der Waals surface area contributed by atoms with Crippen LogP contribution in [0.3, 0.4) is 0 Å². The fourth-order valence-corrected chi connectivity index (χ4v) is 4.24. The first kappa shape index (κ1) is 19.8. The highest BCUT2D eigenvalue weighted by molar-refractivity contribution is 6.23. The van der Waals surface area contributed by atoms with Crippen LogP contribution in [0.2, 0.25) is 0 Å². The van der Waals surface area contributed by atoms with Crippen molar-refractivity contribution in [3.8, 4) is 0 Å². The van der Waals surface area contributed by atoms with E-state index in [0.717, 1.165) is 24.8 Å². The average molecular weight is 414 g/mol. The molecule has 0 radical (unpaired) electrons. The summed E-state index contributed by atoms with van der Waals surface area (Å²) in [4.78, 5) is 61.6. The summed E-state index contributed by atoms with van der Waals surface area (Å²) < 4.78 is 16.1. The van der Waals surface area contributed by atoms with Gasteiger partial charge in [0.15, 0.2) is 5.60 Å². The smallest absolute Gasteiger partial charge is 0.305 e. The molecule has 156 valence electrons. The van der Waals surface area contributed by atoms with E-state index in [1.807, 2.05) is 0 Å². The summed E-state index contributed by atoms with van der Waals surface area (Å²) in [7, 11) is 0. The second kappa shape index (κ2) is 6.77. The SMILES string of the molecule is CC(=O)OC(OC(C)=O)[C@]12C=C[C@H](O1)[C@H]1C(=O)N(c3cccc(C(=O)[O-])c3)C(=O)[C@@H]12. The Morgan fingerprint density at radius 1 is 1.13 bits per heavy atom. The average Bonchev–Trinajstić information content (AvgIpc) is 3.32. The molecule has 2 fully saturated rings. The minimum absolute atomic E-state index is 0.0622. The number of amides is 2. The summed E-state index contributed by atoms with van der Waals surface area (Å²) in [5, 5.41) is 11.2. The molecule has 0 aromatic heterocycles. The summed E-state index contributed by atoms with van der Waals surface area (Å²) in [5.74, 6) is -6.34. The molecule has 10 nitrogen and oxygen atoms in total. The molecule has 0 saturated carbocycles. The van der Waals surface area contributed by atoms with Gasteiger partial charge in [-0.3, -0.25) is 19.2 Å². The fourth-order valence-electron chi connectivity index (χ4n) is 4.24. The molecule has 30 heavy (non-hydrogen) atoms. The standard InChI is InChI=1S/C20H17NO9/c1-9(22)28-19(29-10(2)23)20-7-6-13(30-20)14-15(20)17(25)21(16(14)24)12-5-3-4-11(8-12)18(26)27/h3-8,13-15,19H,1-2H3,(H,26,27)/p-1/t13-,14+,15+,20+/m0/s1. The van der Waals surface area contributed by atoms with Crippen molar-refractivity contribution >= 4 is 35.4 Å². The first-order chi connectivity index (χ1) is 14.2. The van der Waals surface area contributed by atoms with Gasteiger partial charge >= 0.3 is 11.9 Å². The van der Waals surface area contributed by atoms with Gasteiger partial charge in [-0.2, -0.15) is 0 Å². The molecule has 3 aliphatic rings. The molecule has 2 bridgehead atoms. The van der Waals surface area contributed by atoms with Crippen LogP contribution < -0.4 is 10.0 Å². The number of carbonyl (C=O) groups excluding carboxylic acids is 5. The van der Waals surface area contributed by atoms with E-state index < -0.39 is 59.6 Å². The molecular formula is C20H16NO9-. The third-order valence-electron chi connectivity index (χ3n) is 5.33. The molecule has 0 N–H and O–H groups in total. The molecule has 3 heterocycles. The van der Waals surface area contributed by atoms with Crippen LogP contribution in [0.25, 0.3) is 0 Å². The molecule has 0 aliphatic carbocycles. The van der Waals surface area contributed by atoms with Gasteiger partial charge in [0, 0.05) is 13.8 Å². The summed E-state index contributed by atoms with van der Waals surface area (Å²) in [5.41, 5.74) is -1.80. The Hall–Kier alpha value is -3.53. The predicted octanol–water partition coefficient (Wildman–Crippen LogP) is -0.685. The number of anilines is 1. The molecular weight excluding hydrogens is 398 g/mol. The van der Waals surface area contributed by atoms with Crippen molar-refractivity contribution in [3.05, 3.63) is 42.0 Å². The molecule has 2 amide bonds. The van der Waals surface area contributed by atoms with Crippen molar-refractivity contribution in [2.24, 2.45) is 11.8 Å². The van der Waals surface area contributed by atoms with E-state index >= 15 is 0 Å². The van der Waals surface area contributed by atoms with E-state index in [1.165, 1.54) is 24.3 Å². The van der Waals surface area contributed by atoms with Crippen LogP contribution in [0.5, 0.6) is 0 Å². The maximum absolute atomic E-state index is 13.3. The summed E-state index contributed by atoms with van der Waals surface area (Å²) in [6.45, 7) is 2.21. The number of imide groups is 1. The van der Waals surface area contributed by atoms with Crippen LogP contribution in [0.1, 0.15) is 24.2 Å². The van der Waals surface area contributed by atoms with Crippen LogP contribution in [-0.2, 0) is 33.4 Å². The Morgan fingerprint density at radius 3 is 2.40 bits per heavy atom. The molecule has 10 heteroatoms. The molecule has 3 aliphatic heterocycles. The second-order valence-electron chi connectivity index (χ2n) is 7.20. The Bertz CT molecular complexity index is 999. The Morgan fingerprint density at radius 2 is 1.80 bits per heavy atom. The quantitative estimate of drug-likeness (QED) is 0.265. The lowest BCUT2D eigenvalue weighted by molar-refractivity contribution is -0.255. The summed E-state index contributed by atoms with van der Waals surface area (Å²) >= 11 is 0. The number of aromatic carboxylic acids is 1. The van der Waals surface area contributed by atoms with E-state index in [2.05, 4.69) is 0 Å². The zero-order chi connectivity index (χ0) is 21.8. The van der Waals surface area contributed by atoms with Crippen LogP contribution in [-0.4, -0.2) is 47.7 Å². The minimum Gasteiger partial charge on any atom is -0.545 e. The zero-order valence-electron chi connectivity index (χ0n) is 15.9. The van der Waals surface area contributed by atoms with E-state index in [1.54, 1.807) is 6.08 Å². The summed E-state index contributed by atoms with van der Waals surface area (Å²) in [6, 6.07) is 5.24. The lowest BCUT2D eigenvalue weighted by Gasteiger charge is -2.34. The highest BCUT2D eigenvalue weighted by Crippen LogP contribution is 2.54. The second-order valence-corrected chi connectivity index (χ2v) is 7.20. The van der Waals surface area contributed by atoms with Crippen LogP contribution in [0.4, 0.5) is 5.69 Å². The number of ether oxygens (including phenoxy) is 3. The van der Waals surface area contributed by atoms with Crippen LogP contribution in [0, 0.1) is 11.8 Å². The molecule has 4 rings (SSSR count). The van der Waals surface area contributed by atoms with Gasteiger partial charge in [0.1, 0.15) is 0 Å². The van der Waals surface area contributed by atoms with Gasteiger partial charge in [-0.25, -0.2) is 4.90 Å². The van der Waals surface area contributed by atoms with Gasteiger partial charge in [0.05, 0.1) is 29.6 Å². The highest BCUT2D eigenvalue weighted by atomic mass is 16.7. The maximum atomic E-state index is 13.3. The Balaban J connectivity index is 1.75. The minimum atomic E-state index is -1.67. The van der Waals surface area contributed by atoms with Crippen molar-refractivity contribution in [2.75, 3.05) is 4.90 Å². The number of hydrogen-bond acceptors (Lipinski definition) is 9. The van der Waals surface area contributed by atoms with E-state index in [4.69, 9.17) is 14.2 Å². The molecule has 2 saturated heterocycles. The number of nitrogens with zero attached hydrogens (tertiary/aromatic N) is 1. The number of hydrogen-bond donors (Lipinski definition) is 0. The highest BCUT2D eigenvalue weighted by Gasteiger charge is 2.72. The lowest BCUT2D eigenvalue weighted by Crippen LogP contribution is -2.52. The molecule has 1 aromatic carbocycles. The first-order valence-electron chi connectivity index (χ1n) is 9.06. The maximum Gasteiger partial charge on any atom is 0.305 e. The van der Waals surface area contributed by atoms with Gasteiger partial charge in [-0.1, -0.05) is 18.2 Å². The van der Waals surface area contributed by atoms with Gasteiger partial charge < -0.3 is 24.1 Å². The lowest BCUT2D eigenvalue weighted by atomic mass is 9.76. The van der Waals surface area contributed by atoms with Crippen molar-refractivity contribution in [2.45, 2.75) is 31.8 Å². The molecule has 4 atom stereocenters. The molecule has 0 unspecified atom stereocenters. The molecule has 1 aromatic rings. The number of benzene rings is 1. The number of fused-ring (bicyclic) bond motifs is 5. The fraction of sp³-hybridized carbons (Fsp3) is 0.350. The number of rotatable bonds is 5. The number of carboxylic acid groups (broad SMARTS) is 1. The van der Waals surface area contributed by atoms with Crippen molar-refractivity contribution in [3.63, 3.8) is 0 Å². The monoisotopic (exact) mass is 414 g/mol. The first-order valence-corrected chi connectivity index (χ1v) is 9.06. The van der Waals surface area contributed by atoms with Gasteiger partial charge in [-0.15, -0.1) is 0 Å². The Labute approximate surface area is 170 Å². The van der Waals surface area contributed by atoms with Crippen LogP contribution in [0.15, 0.2) is 36.4 Å². The predicted molar refractivity (Wildman–Crippen MR) is 94.3 cm³/mol. The number of carboxylic acids is 1. The largest absolute Gasteiger partial charge is 0.545 e. The third-order valence-corrected chi connectivity index (χ3v) is 5.33. The number of carbonyl (C=O) groups is 5. The number of esters is 2. The van der Waals surface area contributed by atoms with E-state index in [9.17, 15) is 29.1 Å². The van der Waals surface area contributed by atoms with Crippen LogP contribution >= 0.6 is 0 Å². The van der Waals surface area contributed by atoms with Gasteiger partial charge in [0.2, 0.25) is 11.8 Å². The topological polar surface area (TPSA) is 139 Å². The van der Waals surface area contributed by atoms with E-state index in [-0.39, 0.29) is 11.3 Å². The van der Waals surface area contributed by atoms with Crippen molar-refractivity contribution < 1.29 is 43.3 Å². The summed E-state index contributed by atoms with van der Waals surface area (Å²) in [6.07, 6.45) is 0.638. The van der Waals surface area contributed by atoms with Gasteiger partial charge in [0.25, 0.3) is 6.29 Å². The van der Waals surface area contributed by atoms with Crippen molar-refractivity contribution in [1.29, 1.82) is 0 Å². The third kappa shape index (κ3) is 2.79. The van der Waals surface area contributed by atoms with Crippen molar-refractivity contribution in [1.82, 2.24) is 0 Å². The van der Waals surface area contributed by atoms with E-state index in [0.29, 0.717) is 0 Å². The Kier molecular flexibility index (Phi) is 4.46. The molecule has 0 spiro atoms. The van der Waals surface area contributed by atoms with Gasteiger partial charge in [-0.05, 0) is 23.8 Å². The zero-order valence-corrected chi connectivity index (χ0v) is 15.9. The normalized spacial score (nSPS) is 28.8.